The second-order valence-corrected chi connectivity index (χ2v) is 7.43. The maximum absolute atomic E-state index is 13.2. The molecule has 2 aliphatic rings. The van der Waals surface area contributed by atoms with Crippen molar-refractivity contribution < 1.29 is 14.3 Å². The van der Waals surface area contributed by atoms with Crippen molar-refractivity contribution in [1.29, 1.82) is 5.26 Å². The standard InChI is InChI=1S/C24H22N2O3/c1-14-10-16(8-9-20(14)28-2)22-18(13-25)24(26)29-21-12-17(11-19(27)23(21)22)15-6-4-3-5-7-15/h3-10,17,22H,11-12,26H2,1-2H3/t17-,22-/m1/s1. The number of hydrogen-bond donors (Lipinski definition) is 1. The van der Waals surface area contributed by atoms with Crippen molar-refractivity contribution in [2.75, 3.05) is 7.11 Å². The van der Waals surface area contributed by atoms with Crippen molar-refractivity contribution in [2.45, 2.75) is 31.6 Å². The fourth-order valence-electron chi connectivity index (χ4n) is 4.28. The first kappa shape index (κ1) is 18.8. The molecule has 1 heterocycles. The molecule has 1 aliphatic carbocycles. The minimum Gasteiger partial charge on any atom is -0.496 e. The van der Waals surface area contributed by atoms with E-state index in [-0.39, 0.29) is 23.2 Å². The highest BCUT2D eigenvalue weighted by atomic mass is 16.5. The second-order valence-electron chi connectivity index (χ2n) is 7.43. The Bertz CT molecular complexity index is 1080. The van der Waals surface area contributed by atoms with E-state index in [0.29, 0.717) is 24.2 Å². The SMILES string of the molecule is COc1ccc([C@@H]2C(C#N)=C(N)OC3=C2C(=O)C[C@@H](c2ccccc2)C3)cc1C. The molecule has 0 unspecified atom stereocenters. The number of ketones is 1. The number of benzene rings is 2. The smallest absolute Gasteiger partial charge is 0.205 e. The van der Waals surface area contributed by atoms with Crippen LogP contribution in [0.1, 0.15) is 41.4 Å². The number of carbonyl (C=O) groups excluding carboxylic acids is 1. The molecule has 0 bridgehead atoms. The van der Waals surface area contributed by atoms with Crippen LogP contribution in [0.2, 0.25) is 0 Å². The summed E-state index contributed by atoms with van der Waals surface area (Å²) >= 11 is 0. The highest BCUT2D eigenvalue weighted by Gasteiger charge is 2.40. The molecular formula is C24H22N2O3. The van der Waals surface area contributed by atoms with Crippen LogP contribution in [0.4, 0.5) is 0 Å². The molecule has 2 aromatic carbocycles. The molecule has 0 amide bonds. The van der Waals surface area contributed by atoms with Gasteiger partial charge in [0.05, 0.1) is 13.0 Å². The van der Waals surface area contributed by atoms with Gasteiger partial charge in [-0.05, 0) is 35.6 Å². The van der Waals surface area contributed by atoms with Crippen molar-refractivity contribution in [3.05, 3.63) is 88.0 Å². The van der Waals surface area contributed by atoms with Gasteiger partial charge < -0.3 is 15.2 Å². The Labute approximate surface area is 170 Å². The van der Waals surface area contributed by atoms with Gasteiger partial charge in [-0.1, -0.05) is 42.5 Å². The van der Waals surface area contributed by atoms with Gasteiger partial charge in [-0.3, -0.25) is 4.79 Å². The summed E-state index contributed by atoms with van der Waals surface area (Å²) in [6.45, 7) is 1.93. The predicted octanol–water partition coefficient (Wildman–Crippen LogP) is 4.21. The molecule has 5 nitrogen and oxygen atoms in total. The summed E-state index contributed by atoms with van der Waals surface area (Å²) in [5, 5.41) is 9.74. The van der Waals surface area contributed by atoms with E-state index < -0.39 is 5.92 Å². The van der Waals surface area contributed by atoms with E-state index in [2.05, 4.69) is 6.07 Å². The zero-order valence-electron chi connectivity index (χ0n) is 16.4. The van der Waals surface area contributed by atoms with Crippen LogP contribution >= 0.6 is 0 Å². The van der Waals surface area contributed by atoms with Crippen molar-refractivity contribution in [2.24, 2.45) is 5.73 Å². The minimum atomic E-state index is -0.516. The number of methoxy groups -OCH3 is 1. The van der Waals surface area contributed by atoms with Crippen LogP contribution in [0, 0.1) is 18.3 Å². The fraction of sp³-hybridized carbons (Fsp3) is 0.250. The van der Waals surface area contributed by atoms with Crippen LogP contribution < -0.4 is 10.5 Å². The number of ether oxygens (including phenoxy) is 2. The lowest BCUT2D eigenvalue weighted by Crippen LogP contribution is -2.29. The van der Waals surface area contributed by atoms with Gasteiger partial charge in [0.15, 0.2) is 5.78 Å². The molecule has 0 saturated carbocycles. The summed E-state index contributed by atoms with van der Waals surface area (Å²) in [6.07, 6.45) is 0.965. The lowest BCUT2D eigenvalue weighted by atomic mass is 9.73. The van der Waals surface area contributed by atoms with Crippen LogP contribution in [-0.2, 0) is 9.53 Å². The van der Waals surface area contributed by atoms with E-state index in [1.165, 1.54) is 0 Å². The van der Waals surface area contributed by atoms with Crippen LogP contribution in [-0.4, -0.2) is 12.9 Å². The molecule has 2 N–H and O–H groups in total. The summed E-state index contributed by atoms with van der Waals surface area (Å²) in [5.74, 6) is 0.925. The maximum atomic E-state index is 13.2. The lowest BCUT2D eigenvalue weighted by Gasteiger charge is -2.34. The maximum Gasteiger partial charge on any atom is 0.205 e. The first-order valence-corrected chi connectivity index (χ1v) is 9.56. The fourth-order valence-corrected chi connectivity index (χ4v) is 4.28. The molecule has 0 radical (unpaired) electrons. The third-order valence-corrected chi connectivity index (χ3v) is 5.68. The Kier molecular flexibility index (Phi) is 4.85. The number of allylic oxidation sites excluding steroid dienone is 3. The molecule has 4 rings (SSSR count). The van der Waals surface area contributed by atoms with Gasteiger partial charge in [0.1, 0.15) is 23.2 Å². The lowest BCUT2D eigenvalue weighted by molar-refractivity contribution is -0.117. The van der Waals surface area contributed by atoms with Gasteiger partial charge in [0.25, 0.3) is 0 Å². The van der Waals surface area contributed by atoms with Crippen molar-refractivity contribution in [3.8, 4) is 11.8 Å². The molecule has 5 heteroatoms. The average molecular weight is 386 g/mol. The van der Waals surface area contributed by atoms with E-state index in [1.807, 2.05) is 55.5 Å². The van der Waals surface area contributed by atoms with Gasteiger partial charge in [-0.2, -0.15) is 5.26 Å². The number of rotatable bonds is 3. The predicted molar refractivity (Wildman–Crippen MR) is 109 cm³/mol. The molecule has 0 aromatic heterocycles. The van der Waals surface area contributed by atoms with Gasteiger partial charge in [-0.25, -0.2) is 0 Å². The summed E-state index contributed by atoms with van der Waals surface area (Å²) in [4.78, 5) is 13.2. The number of nitrogens with two attached hydrogens (primary N) is 1. The average Bonchev–Trinajstić information content (AvgIpc) is 2.73. The Hall–Kier alpha value is -3.52. The number of Topliss-reactive ketones (excluding diaryl/α,β-unsaturated/α-hetero) is 1. The Morgan fingerprint density at radius 2 is 1.90 bits per heavy atom. The zero-order valence-corrected chi connectivity index (χ0v) is 16.4. The van der Waals surface area contributed by atoms with Crippen molar-refractivity contribution in [1.82, 2.24) is 0 Å². The molecule has 1 aliphatic heterocycles. The minimum absolute atomic E-state index is 0.00109. The van der Waals surface area contributed by atoms with Crippen LogP contribution in [0.5, 0.6) is 5.75 Å². The molecule has 146 valence electrons. The number of carbonyl (C=O) groups is 1. The molecule has 2 atom stereocenters. The summed E-state index contributed by atoms with van der Waals surface area (Å²) in [6, 6.07) is 17.8. The molecule has 0 saturated heterocycles. The van der Waals surface area contributed by atoms with E-state index in [1.54, 1.807) is 7.11 Å². The topological polar surface area (TPSA) is 85.3 Å². The van der Waals surface area contributed by atoms with Crippen molar-refractivity contribution in [3.63, 3.8) is 0 Å². The summed E-state index contributed by atoms with van der Waals surface area (Å²) in [5.41, 5.74) is 9.81. The Morgan fingerprint density at radius 1 is 1.14 bits per heavy atom. The molecular weight excluding hydrogens is 364 g/mol. The number of nitriles is 1. The molecule has 0 spiro atoms. The first-order chi connectivity index (χ1) is 14.0. The zero-order chi connectivity index (χ0) is 20.5. The summed E-state index contributed by atoms with van der Waals surface area (Å²) in [7, 11) is 1.62. The molecule has 0 fully saturated rings. The van der Waals surface area contributed by atoms with Crippen LogP contribution in [0.3, 0.4) is 0 Å². The van der Waals surface area contributed by atoms with Gasteiger partial charge in [0, 0.05) is 18.4 Å². The van der Waals surface area contributed by atoms with E-state index in [9.17, 15) is 10.1 Å². The highest BCUT2D eigenvalue weighted by molar-refractivity contribution is 6.00. The van der Waals surface area contributed by atoms with E-state index >= 15 is 0 Å². The van der Waals surface area contributed by atoms with Crippen LogP contribution in [0.25, 0.3) is 0 Å². The molecule has 2 aromatic rings. The number of hydrogen-bond acceptors (Lipinski definition) is 5. The molecule has 29 heavy (non-hydrogen) atoms. The second kappa shape index (κ2) is 7.48. The Morgan fingerprint density at radius 3 is 2.55 bits per heavy atom. The third kappa shape index (κ3) is 3.27. The number of aryl methyl sites for hydroxylation is 1. The van der Waals surface area contributed by atoms with Gasteiger partial charge >= 0.3 is 0 Å². The van der Waals surface area contributed by atoms with Crippen molar-refractivity contribution >= 4 is 5.78 Å². The normalized spacial score (nSPS) is 21.3. The van der Waals surface area contributed by atoms with E-state index in [0.717, 1.165) is 22.4 Å². The Balaban J connectivity index is 1.80. The summed E-state index contributed by atoms with van der Waals surface area (Å²) < 4.78 is 11.2. The number of nitrogens with zero attached hydrogens (tertiary/aromatic N) is 1. The largest absolute Gasteiger partial charge is 0.496 e. The van der Waals surface area contributed by atoms with Gasteiger partial charge in [-0.15, -0.1) is 0 Å². The van der Waals surface area contributed by atoms with E-state index in [4.69, 9.17) is 15.2 Å². The third-order valence-electron chi connectivity index (χ3n) is 5.68. The van der Waals surface area contributed by atoms with Gasteiger partial charge in [0.2, 0.25) is 5.88 Å². The quantitative estimate of drug-likeness (QED) is 0.854. The van der Waals surface area contributed by atoms with Crippen LogP contribution in [0.15, 0.2) is 71.3 Å². The monoisotopic (exact) mass is 386 g/mol. The first-order valence-electron chi connectivity index (χ1n) is 9.56. The highest BCUT2D eigenvalue weighted by Crippen LogP contribution is 2.47.